The fourth-order valence-corrected chi connectivity index (χ4v) is 5.25. The third kappa shape index (κ3) is 3.99. The SMILES string of the molecule is CC(=O)NNC(=O)COC(=O)[C@H](C)NC(=O)C12CC3CC(CC(C3)C1)C2. The highest BCUT2D eigenvalue weighted by Crippen LogP contribution is 2.60. The third-order valence-corrected chi connectivity index (χ3v) is 5.94. The molecule has 4 aliphatic carbocycles. The minimum atomic E-state index is -0.816. The molecule has 0 aromatic rings. The van der Waals surface area contributed by atoms with Crippen molar-refractivity contribution in [2.24, 2.45) is 23.2 Å². The Hall–Kier alpha value is -2.12. The van der Waals surface area contributed by atoms with E-state index in [9.17, 15) is 19.2 Å². The molecule has 0 aromatic carbocycles. The van der Waals surface area contributed by atoms with E-state index in [2.05, 4.69) is 16.2 Å². The summed E-state index contributed by atoms with van der Waals surface area (Å²) in [6.45, 7) is 2.29. The topological polar surface area (TPSA) is 114 Å². The first-order chi connectivity index (χ1) is 12.3. The van der Waals surface area contributed by atoms with Gasteiger partial charge in [0.2, 0.25) is 11.8 Å². The molecule has 3 N–H and O–H groups in total. The van der Waals surface area contributed by atoms with Gasteiger partial charge < -0.3 is 10.1 Å². The van der Waals surface area contributed by atoms with Crippen LogP contribution in [-0.4, -0.2) is 36.3 Å². The molecule has 0 saturated heterocycles. The molecule has 1 atom stereocenters. The molecule has 3 amide bonds. The quantitative estimate of drug-likeness (QED) is 0.483. The number of rotatable bonds is 5. The van der Waals surface area contributed by atoms with E-state index in [1.54, 1.807) is 6.92 Å². The standard InChI is InChI=1S/C18H27N3O5/c1-10(16(24)26-9-15(23)21-20-11(2)22)19-17(25)18-6-12-3-13(7-18)5-14(4-12)8-18/h10,12-14H,3-9H2,1-2H3,(H,19,25)(H,20,22)(H,21,23)/t10-,12?,13?,14?,18?/m0/s1. The summed E-state index contributed by atoms with van der Waals surface area (Å²) < 4.78 is 4.90. The van der Waals surface area contributed by atoms with Crippen LogP contribution >= 0.6 is 0 Å². The molecule has 0 radical (unpaired) electrons. The maximum Gasteiger partial charge on any atom is 0.328 e. The lowest BCUT2D eigenvalue weighted by atomic mass is 9.49. The van der Waals surface area contributed by atoms with E-state index in [1.165, 1.54) is 26.2 Å². The molecule has 8 nitrogen and oxygen atoms in total. The highest BCUT2D eigenvalue weighted by molar-refractivity contribution is 5.89. The molecule has 4 fully saturated rings. The molecule has 26 heavy (non-hydrogen) atoms. The summed E-state index contributed by atoms with van der Waals surface area (Å²) in [5.74, 6) is 0.143. The van der Waals surface area contributed by atoms with Crippen molar-refractivity contribution in [3.05, 3.63) is 0 Å². The summed E-state index contributed by atoms with van der Waals surface area (Å²) in [5.41, 5.74) is 3.88. The first-order valence-corrected chi connectivity index (χ1v) is 9.30. The number of hydrogen-bond acceptors (Lipinski definition) is 5. The maximum absolute atomic E-state index is 12.9. The summed E-state index contributed by atoms with van der Waals surface area (Å²) in [6.07, 6.45) is 6.50. The predicted molar refractivity (Wildman–Crippen MR) is 91.1 cm³/mol. The average molecular weight is 365 g/mol. The van der Waals surface area contributed by atoms with Crippen molar-refractivity contribution in [2.45, 2.75) is 58.4 Å². The number of ether oxygens (including phenoxy) is 1. The van der Waals surface area contributed by atoms with Crippen molar-refractivity contribution in [1.29, 1.82) is 0 Å². The Bertz CT molecular complexity index is 583. The molecule has 0 spiro atoms. The highest BCUT2D eigenvalue weighted by atomic mass is 16.5. The second kappa shape index (κ2) is 7.25. The molecule has 0 unspecified atom stereocenters. The van der Waals surface area contributed by atoms with Gasteiger partial charge >= 0.3 is 5.97 Å². The van der Waals surface area contributed by atoms with Crippen LogP contribution in [0.5, 0.6) is 0 Å². The molecule has 144 valence electrons. The van der Waals surface area contributed by atoms with Gasteiger partial charge in [0.25, 0.3) is 5.91 Å². The summed E-state index contributed by atoms with van der Waals surface area (Å²) >= 11 is 0. The molecule has 4 saturated carbocycles. The van der Waals surface area contributed by atoms with Crippen LogP contribution in [0.4, 0.5) is 0 Å². The Morgan fingerprint density at radius 3 is 2.04 bits per heavy atom. The highest BCUT2D eigenvalue weighted by Gasteiger charge is 2.54. The van der Waals surface area contributed by atoms with Crippen molar-refractivity contribution in [1.82, 2.24) is 16.2 Å². The minimum absolute atomic E-state index is 0.0521. The summed E-state index contributed by atoms with van der Waals surface area (Å²) in [6, 6.07) is -0.816. The Labute approximate surface area is 152 Å². The van der Waals surface area contributed by atoms with E-state index in [4.69, 9.17) is 4.74 Å². The normalized spacial score (nSPS) is 32.5. The Morgan fingerprint density at radius 2 is 1.54 bits per heavy atom. The zero-order valence-electron chi connectivity index (χ0n) is 15.3. The van der Waals surface area contributed by atoms with Crippen LogP contribution in [0.2, 0.25) is 0 Å². The summed E-state index contributed by atoms with van der Waals surface area (Å²) in [4.78, 5) is 47.1. The lowest BCUT2D eigenvalue weighted by Crippen LogP contribution is -2.56. The molecular formula is C18H27N3O5. The number of carbonyl (C=O) groups excluding carboxylic acids is 4. The van der Waals surface area contributed by atoms with Crippen molar-refractivity contribution in [3.63, 3.8) is 0 Å². The molecular weight excluding hydrogens is 338 g/mol. The van der Waals surface area contributed by atoms with Gasteiger partial charge in [0.05, 0.1) is 0 Å². The molecule has 4 rings (SSSR count). The van der Waals surface area contributed by atoms with Crippen molar-refractivity contribution in [3.8, 4) is 0 Å². The molecule has 8 heteroatoms. The van der Waals surface area contributed by atoms with Gasteiger partial charge in [-0.15, -0.1) is 0 Å². The van der Waals surface area contributed by atoms with Gasteiger partial charge in [-0.3, -0.25) is 25.2 Å². The lowest BCUT2D eigenvalue weighted by Gasteiger charge is -2.55. The van der Waals surface area contributed by atoms with Crippen LogP contribution in [0.3, 0.4) is 0 Å². The minimum Gasteiger partial charge on any atom is -0.454 e. The van der Waals surface area contributed by atoms with Gasteiger partial charge in [0.15, 0.2) is 6.61 Å². The van der Waals surface area contributed by atoms with Gasteiger partial charge in [-0.2, -0.15) is 0 Å². The van der Waals surface area contributed by atoms with Gasteiger partial charge in [-0.25, -0.2) is 4.79 Å². The molecule has 0 heterocycles. The van der Waals surface area contributed by atoms with Crippen LogP contribution in [0.1, 0.15) is 52.4 Å². The van der Waals surface area contributed by atoms with Crippen LogP contribution in [0, 0.1) is 23.2 Å². The number of amides is 3. The Balaban J connectivity index is 1.47. The molecule has 0 aromatic heterocycles. The first-order valence-electron chi connectivity index (χ1n) is 9.30. The fraction of sp³-hybridized carbons (Fsp3) is 0.778. The second-order valence-electron chi connectivity index (χ2n) is 8.23. The van der Waals surface area contributed by atoms with Crippen LogP contribution < -0.4 is 16.2 Å². The van der Waals surface area contributed by atoms with E-state index in [0.29, 0.717) is 17.8 Å². The van der Waals surface area contributed by atoms with Crippen LogP contribution in [0.25, 0.3) is 0 Å². The number of carbonyl (C=O) groups is 4. The van der Waals surface area contributed by atoms with Gasteiger partial charge in [-0.05, 0) is 63.2 Å². The van der Waals surface area contributed by atoms with Crippen LogP contribution in [0.15, 0.2) is 0 Å². The largest absolute Gasteiger partial charge is 0.454 e. The number of nitrogens with one attached hydrogen (secondary N) is 3. The van der Waals surface area contributed by atoms with Crippen molar-refractivity contribution >= 4 is 23.7 Å². The zero-order chi connectivity index (χ0) is 18.9. The monoisotopic (exact) mass is 365 g/mol. The maximum atomic E-state index is 12.9. The third-order valence-electron chi connectivity index (χ3n) is 5.94. The Kier molecular flexibility index (Phi) is 5.20. The van der Waals surface area contributed by atoms with E-state index >= 15 is 0 Å². The van der Waals surface area contributed by atoms with Crippen LogP contribution in [-0.2, 0) is 23.9 Å². The van der Waals surface area contributed by atoms with E-state index in [-0.39, 0.29) is 11.3 Å². The van der Waals surface area contributed by atoms with Crippen molar-refractivity contribution < 1.29 is 23.9 Å². The molecule has 0 aliphatic heterocycles. The lowest BCUT2D eigenvalue weighted by molar-refractivity contribution is -0.155. The predicted octanol–water partition coefficient (Wildman–Crippen LogP) is 0.418. The summed E-state index contributed by atoms with van der Waals surface area (Å²) in [7, 11) is 0. The van der Waals surface area contributed by atoms with Gasteiger partial charge in [0, 0.05) is 12.3 Å². The molecule has 4 bridgehead atoms. The van der Waals surface area contributed by atoms with Gasteiger partial charge in [-0.1, -0.05) is 0 Å². The van der Waals surface area contributed by atoms with E-state index < -0.39 is 30.4 Å². The van der Waals surface area contributed by atoms with Gasteiger partial charge in [0.1, 0.15) is 6.04 Å². The average Bonchev–Trinajstić information content (AvgIpc) is 2.56. The Morgan fingerprint density at radius 1 is 1.00 bits per heavy atom. The second-order valence-corrected chi connectivity index (χ2v) is 8.23. The molecule has 4 aliphatic rings. The van der Waals surface area contributed by atoms with E-state index in [0.717, 1.165) is 19.3 Å². The fourth-order valence-electron chi connectivity index (χ4n) is 5.25. The smallest absolute Gasteiger partial charge is 0.328 e. The number of esters is 1. The summed E-state index contributed by atoms with van der Waals surface area (Å²) in [5, 5.41) is 2.80. The number of hydrogen-bond donors (Lipinski definition) is 3. The van der Waals surface area contributed by atoms with E-state index in [1.807, 2.05) is 0 Å². The number of hydrazine groups is 1. The first kappa shape index (κ1) is 18.7. The van der Waals surface area contributed by atoms with Crippen molar-refractivity contribution in [2.75, 3.05) is 6.61 Å². The zero-order valence-corrected chi connectivity index (χ0v) is 15.3.